The molecule has 0 aromatic heterocycles. The van der Waals surface area contributed by atoms with Gasteiger partial charge in [0, 0.05) is 16.7 Å². The number of hydrogen-bond donors (Lipinski definition) is 3. The van der Waals surface area contributed by atoms with E-state index in [0.29, 0.717) is 28.5 Å². The normalized spacial score (nSPS) is 10.4. The molecule has 6 nitrogen and oxygen atoms in total. The summed E-state index contributed by atoms with van der Waals surface area (Å²) in [4.78, 5) is 24.2. The molecule has 162 valence electrons. The van der Waals surface area contributed by atoms with Crippen molar-refractivity contribution in [2.24, 2.45) is 0 Å². The molecule has 3 aromatic rings. The van der Waals surface area contributed by atoms with Crippen LogP contribution in [0, 0.1) is 0 Å². The Balaban J connectivity index is 1.43. The zero-order chi connectivity index (χ0) is 22.8. The summed E-state index contributed by atoms with van der Waals surface area (Å²) < 4.78 is 5.70. The Labute approximate surface area is 196 Å². The van der Waals surface area contributed by atoms with Crippen LogP contribution in [0.1, 0.15) is 21.5 Å². The van der Waals surface area contributed by atoms with Crippen LogP contribution >= 0.6 is 23.8 Å². The summed E-state index contributed by atoms with van der Waals surface area (Å²) in [5.74, 6) is -0.231. The molecule has 0 aliphatic heterocycles. The van der Waals surface area contributed by atoms with Crippen molar-refractivity contribution in [2.75, 3.05) is 0 Å². The maximum atomic E-state index is 12.3. The van der Waals surface area contributed by atoms with Crippen molar-refractivity contribution in [3.63, 3.8) is 0 Å². The van der Waals surface area contributed by atoms with Crippen LogP contribution in [-0.4, -0.2) is 16.9 Å². The smallest absolute Gasteiger partial charge is 0.269 e. The third-order valence-electron chi connectivity index (χ3n) is 4.21. The second kappa shape index (κ2) is 11.6. The average Bonchev–Trinajstić information content (AvgIpc) is 2.81. The minimum atomic E-state index is -0.461. The molecule has 3 rings (SSSR count). The quantitative estimate of drug-likeness (QED) is 0.288. The van der Waals surface area contributed by atoms with Crippen molar-refractivity contribution in [1.29, 1.82) is 0 Å². The molecule has 0 fully saturated rings. The first-order valence-corrected chi connectivity index (χ1v) is 10.4. The standard InChI is InChI=1S/C24H20ClN3O3S/c25-21-9-5-4-8-18(21)12-15-22(29)26-24(32)28-27-23(30)19-10-13-20(14-11-19)31-16-17-6-2-1-3-7-17/h1-15H,16H2,(H,27,30)(H2,26,28,29,32)/b15-12+. The lowest BCUT2D eigenvalue weighted by Crippen LogP contribution is -2.48. The molecule has 8 heteroatoms. The Bertz CT molecular complexity index is 1120. The van der Waals surface area contributed by atoms with E-state index in [2.05, 4.69) is 16.2 Å². The highest BCUT2D eigenvalue weighted by atomic mass is 35.5. The van der Waals surface area contributed by atoms with Gasteiger partial charge < -0.3 is 4.74 Å². The van der Waals surface area contributed by atoms with E-state index in [-0.39, 0.29) is 5.11 Å². The number of nitrogens with one attached hydrogen (secondary N) is 3. The van der Waals surface area contributed by atoms with Crippen LogP contribution in [0.5, 0.6) is 5.75 Å². The molecule has 0 atom stereocenters. The van der Waals surface area contributed by atoms with Crippen molar-refractivity contribution in [2.45, 2.75) is 6.61 Å². The van der Waals surface area contributed by atoms with Crippen LogP contribution < -0.4 is 20.9 Å². The molecule has 0 aliphatic carbocycles. The molecule has 3 N–H and O–H groups in total. The highest BCUT2D eigenvalue weighted by Crippen LogP contribution is 2.16. The molecule has 3 aromatic carbocycles. The summed E-state index contributed by atoms with van der Waals surface area (Å²) in [7, 11) is 0. The molecule has 0 heterocycles. The summed E-state index contributed by atoms with van der Waals surface area (Å²) in [6.45, 7) is 0.437. The van der Waals surface area contributed by atoms with Gasteiger partial charge in [-0.2, -0.15) is 0 Å². The van der Waals surface area contributed by atoms with Crippen LogP contribution in [0.3, 0.4) is 0 Å². The van der Waals surface area contributed by atoms with Crippen molar-refractivity contribution in [3.8, 4) is 5.75 Å². The van der Waals surface area contributed by atoms with E-state index in [0.717, 1.165) is 5.56 Å². The fraction of sp³-hybridized carbons (Fsp3) is 0.0417. The third-order valence-corrected chi connectivity index (χ3v) is 4.76. The molecule has 0 spiro atoms. The molecule has 32 heavy (non-hydrogen) atoms. The van der Waals surface area contributed by atoms with Crippen LogP contribution in [0.15, 0.2) is 84.9 Å². The van der Waals surface area contributed by atoms with Gasteiger partial charge in [0.2, 0.25) is 5.91 Å². The van der Waals surface area contributed by atoms with Gasteiger partial charge in [0.15, 0.2) is 5.11 Å². The number of amides is 2. The fourth-order valence-electron chi connectivity index (χ4n) is 2.59. The van der Waals surface area contributed by atoms with Gasteiger partial charge in [-0.05, 0) is 59.8 Å². The Morgan fingerprint density at radius 1 is 0.906 bits per heavy atom. The first-order valence-electron chi connectivity index (χ1n) is 9.62. The summed E-state index contributed by atoms with van der Waals surface area (Å²) in [6, 6.07) is 23.6. The van der Waals surface area contributed by atoms with E-state index in [4.69, 9.17) is 28.6 Å². The van der Waals surface area contributed by atoms with Gasteiger partial charge in [-0.1, -0.05) is 60.1 Å². The zero-order valence-electron chi connectivity index (χ0n) is 16.9. The Kier molecular flexibility index (Phi) is 8.36. The minimum absolute atomic E-state index is 0.0463. The van der Waals surface area contributed by atoms with E-state index in [1.165, 1.54) is 6.08 Å². The largest absolute Gasteiger partial charge is 0.489 e. The molecule has 0 aliphatic rings. The second-order valence-electron chi connectivity index (χ2n) is 6.55. The van der Waals surface area contributed by atoms with Crippen molar-refractivity contribution < 1.29 is 14.3 Å². The van der Waals surface area contributed by atoms with E-state index >= 15 is 0 Å². The highest BCUT2D eigenvalue weighted by molar-refractivity contribution is 7.80. The van der Waals surface area contributed by atoms with Crippen molar-refractivity contribution in [3.05, 3.63) is 107 Å². The maximum absolute atomic E-state index is 12.3. The number of carbonyl (C=O) groups is 2. The molecule has 0 saturated carbocycles. The van der Waals surface area contributed by atoms with E-state index in [1.54, 1.807) is 48.5 Å². The van der Waals surface area contributed by atoms with Crippen LogP contribution in [0.2, 0.25) is 5.02 Å². The molecular formula is C24H20ClN3O3S. The third kappa shape index (κ3) is 7.23. The lowest BCUT2D eigenvalue weighted by Gasteiger charge is -2.10. The predicted molar refractivity (Wildman–Crippen MR) is 129 cm³/mol. The van der Waals surface area contributed by atoms with Gasteiger partial charge in [-0.15, -0.1) is 0 Å². The second-order valence-corrected chi connectivity index (χ2v) is 7.37. The summed E-state index contributed by atoms with van der Waals surface area (Å²) in [5.41, 5.74) is 7.08. The van der Waals surface area contributed by atoms with E-state index in [1.807, 2.05) is 36.4 Å². The first kappa shape index (κ1) is 23.0. The van der Waals surface area contributed by atoms with Gasteiger partial charge in [-0.3, -0.25) is 25.8 Å². The van der Waals surface area contributed by atoms with Crippen molar-refractivity contribution >= 4 is 46.8 Å². The molecule has 0 bridgehead atoms. The zero-order valence-corrected chi connectivity index (χ0v) is 18.5. The average molecular weight is 466 g/mol. The molecule has 0 saturated heterocycles. The topological polar surface area (TPSA) is 79.5 Å². The van der Waals surface area contributed by atoms with Gasteiger partial charge in [0.25, 0.3) is 5.91 Å². The number of carbonyl (C=O) groups excluding carboxylic acids is 2. The van der Waals surface area contributed by atoms with Crippen LogP contribution in [0.25, 0.3) is 6.08 Å². The minimum Gasteiger partial charge on any atom is -0.489 e. The van der Waals surface area contributed by atoms with Gasteiger partial charge >= 0.3 is 0 Å². The lowest BCUT2D eigenvalue weighted by molar-refractivity contribution is -0.115. The number of thiocarbonyl (C=S) groups is 1. The Morgan fingerprint density at radius 2 is 1.59 bits per heavy atom. The Morgan fingerprint density at radius 3 is 2.31 bits per heavy atom. The lowest BCUT2D eigenvalue weighted by atomic mass is 10.2. The number of benzene rings is 3. The van der Waals surface area contributed by atoms with E-state index < -0.39 is 11.8 Å². The number of ether oxygens (including phenoxy) is 1. The predicted octanol–water partition coefficient (Wildman–Crippen LogP) is 4.27. The molecule has 0 unspecified atom stereocenters. The van der Waals surface area contributed by atoms with Crippen molar-refractivity contribution in [1.82, 2.24) is 16.2 Å². The van der Waals surface area contributed by atoms with Crippen LogP contribution in [-0.2, 0) is 11.4 Å². The fourth-order valence-corrected chi connectivity index (χ4v) is 2.94. The van der Waals surface area contributed by atoms with Gasteiger partial charge in [-0.25, -0.2) is 0 Å². The molecule has 0 radical (unpaired) electrons. The number of rotatable bonds is 6. The van der Waals surface area contributed by atoms with Gasteiger partial charge in [0.1, 0.15) is 12.4 Å². The summed E-state index contributed by atoms with van der Waals surface area (Å²) in [5, 5.41) is 2.92. The molecular weight excluding hydrogens is 446 g/mol. The monoisotopic (exact) mass is 465 g/mol. The maximum Gasteiger partial charge on any atom is 0.269 e. The first-order chi connectivity index (χ1) is 15.5. The number of hydrazine groups is 1. The van der Waals surface area contributed by atoms with Crippen LogP contribution in [0.4, 0.5) is 0 Å². The summed E-state index contributed by atoms with van der Waals surface area (Å²) >= 11 is 11.1. The molecule has 2 amide bonds. The number of halogens is 1. The van der Waals surface area contributed by atoms with E-state index in [9.17, 15) is 9.59 Å². The Hall–Kier alpha value is -3.68. The number of hydrogen-bond acceptors (Lipinski definition) is 4. The van der Waals surface area contributed by atoms with Gasteiger partial charge in [0.05, 0.1) is 0 Å². The SMILES string of the molecule is O=C(/C=C/c1ccccc1Cl)NC(=S)NNC(=O)c1ccc(OCc2ccccc2)cc1. The highest BCUT2D eigenvalue weighted by Gasteiger charge is 2.07. The summed E-state index contributed by atoms with van der Waals surface area (Å²) in [6.07, 6.45) is 2.87.